The summed E-state index contributed by atoms with van der Waals surface area (Å²) in [6.07, 6.45) is 1.32. The highest BCUT2D eigenvalue weighted by molar-refractivity contribution is 5.94. The molecule has 6 nitrogen and oxygen atoms in total. The van der Waals surface area contributed by atoms with Crippen molar-refractivity contribution < 1.29 is 18.8 Å². The Morgan fingerprint density at radius 1 is 1.53 bits per heavy atom. The predicted octanol–water partition coefficient (Wildman–Crippen LogP) is 1.09. The minimum Gasteiger partial charge on any atom is -0.465 e. The smallest absolute Gasteiger partial charge is 0.325 e. The van der Waals surface area contributed by atoms with Crippen LogP contribution in [0.15, 0.2) is 16.9 Å². The summed E-state index contributed by atoms with van der Waals surface area (Å²) in [4.78, 5) is 24.7. The third-order valence-electron chi connectivity index (χ3n) is 2.15. The summed E-state index contributed by atoms with van der Waals surface area (Å²) in [6, 6.07) is 1.34. The highest BCUT2D eigenvalue weighted by atomic mass is 16.5. The first-order valence-electron chi connectivity index (χ1n) is 5.43. The molecule has 0 aliphatic carbocycles. The number of hydrogen-bond donors (Lipinski definition) is 0. The lowest BCUT2D eigenvalue weighted by atomic mass is 10.2. The molecule has 1 amide bonds. The molecule has 0 radical (unpaired) electrons. The quantitative estimate of drug-likeness (QED) is 0.720. The van der Waals surface area contributed by atoms with Gasteiger partial charge in [-0.05, 0) is 20.8 Å². The Morgan fingerprint density at radius 3 is 2.71 bits per heavy atom. The standard InChI is InChI=1S/C11H16N2O4/c1-4-16-10(14)7-13(8(2)3)11(15)9-5-6-17-12-9/h5-6,8H,4,7H2,1-3H3. The van der Waals surface area contributed by atoms with Crippen LogP contribution in [0.1, 0.15) is 31.3 Å². The first-order chi connectivity index (χ1) is 8.06. The molecule has 6 heteroatoms. The van der Waals surface area contributed by atoms with Crippen LogP contribution in [-0.4, -0.2) is 41.1 Å². The van der Waals surface area contributed by atoms with Crippen molar-refractivity contribution in [2.24, 2.45) is 0 Å². The molecule has 0 aromatic carbocycles. The van der Waals surface area contributed by atoms with E-state index in [9.17, 15) is 9.59 Å². The van der Waals surface area contributed by atoms with Gasteiger partial charge in [-0.3, -0.25) is 9.59 Å². The van der Waals surface area contributed by atoms with Crippen LogP contribution in [0.2, 0.25) is 0 Å². The Labute approximate surface area is 99.5 Å². The molecule has 0 spiro atoms. The van der Waals surface area contributed by atoms with Gasteiger partial charge in [0.15, 0.2) is 5.69 Å². The molecule has 0 atom stereocenters. The molecule has 94 valence electrons. The van der Waals surface area contributed by atoms with Crippen molar-refractivity contribution in [2.75, 3.05) is 13.2 Å². The molecule has 1 aromatic rings. The summed E-state index contributed by atoms with van der Waals surface area (Å²) in [5.41, 5.74) is 0.183. The minimum absolute atomic E-state index is 0.0861. The Morgan fingerprint density at radius 2 is 2.24 bits per heavy atom. The molecule has 0 unspecified atom stereocenters. The molecular weight excluding hydrogens is 224 g/mol. The first-order valence-corrected chi connectivity index (χ1v) is 5.43. The minimum atomic E-state index is -0.432. The second kappa shape index (κ2) is 6.03. The van der Waals surface area contributed by atoms with E-state index in [-0.39, 0.29) is 24.2 Å². The van der Waals surface area contributed by atoms with E-state index in [4.69, 9.17) is 4.74 Å². The van der Waals surface area contributed by atoms with E-state index < -0.39 is 5.97 Å². The van der Waals surface area contributed by atoms with E-state index in [1.807, 2.05) is 13.8 Å². The normalized spacial score (nSPS) is 10.4. The fourth-order valence-corrected chi connectivity index (χ4v) is 1.30. The number of carbonyl (C=O) groups excluding carboxylic acids is 2. The van der Waals surface area contributed by atoms with Crippen LogP contribution in [0.4, 0.5) is 0 Å². The van der Waals surface area contributed by atoms with Crippen molar-refractivity contribution in [3.05, 3.63) is 18.0 Å². The van der Waals surface area contributed by atoms with Crippen LogP contribution >= 0.6 is 0 Å². The Kier molecular flexibility index (Phi) is 4.68. The fraction of sp³-hybridized carbons (Fsp3) is 0.545. The van der Waals surface area contributed by atoms with Crippen molar-refractivity contribution in [3.8, 4) is 0 Å². The molecule has 1 heterocycles. The van der Waals surface area contributed by atoms with Crippen molar-refractivity contribution in [1.29, 1.82) is 0 Å². The fourth-order valence-electron chi connectivity index (χ4n) is 1.30. The predicted molar refractivity (Wildman–Crippen MR) is 59.3 cm³/mol. The molecule has 0 N–H and O–H groups in total. The maximum absolute atomic E-state index is 12.0. The van der Waals surface area contributed by atoms with Gasteiger partial charge in [-0.15, -0.1) is 0 Å². The van der Waals surface area contributed by atoms with Crippen molar-refractivity contribution in [2.45, 2.75) is 26.8 Å². The summed E-state index contributed by atoms with van der Waals surface area (Å²) in [5, 5.41) is 3.55. The topological polar surface area (TPSA) is 72.6 Å². The lowest BCUT2D eigenvalue weighted by Crippen LogP contribution is -2.41. The molecule has 1 rings (SSSR count). The number of rotatable bonds is 5. The molecule has 0 bridgehead atoms. The second-order valence-electron chi connectivity index (χ2n) is 3.72. The van der Waals surface area contributed by atoms with Gasteiger partial charge in [0.1, 0.15) is 12.8 Å². The molecule has 0 aliphatic heterocycles. The number of nitrogens with zero attached hydrogens (tertiary/aromatic N) is 2. The maximum atomic E-state index is 12.0. The number of ether oxygens (including phenoxy) is 1. The average molecular weight is 240 g/mol. The number of aromatic nitrogens is 1. The average Bonchev–Trinajstić information content (AvgIpc) is 2.78. The SMILES string of the molecule is CCOC(=O)CN(C(=O)c1ccon1)C(C)C. The Balaban J connectivity index is 2.73. The highest BCUT2D eigenvalue weighted by Crippen LogP contribution is 2.06. The van der Waals surface area contributed by atoms with Crippen LogP contribution < -0.4 is 0 Å². The zero-order valence-corrected chi connectivity index (χ0v) is 10.2. The second-order valence-corrected chi connectivity index (χ2v) is 3.72. The number of esters is 1. The van der Waals surface area contributed by atoms with Gasteiger partial charge in [0.2, 0.25) is 0 Å². The summed E-state index contributed by atoms with van der Waals surface area (Å²) < 4.78 is 9.42. The summed E-state index contributed by atoms with van der Waals surface area (Å²) in [6.45, 7) is 5.56. The zero-order valence-electron chi connectivity index (χ0n) is 10.2. The van der Waals surface area contributed by atoms with Gasteiger partial charge in [-0.25, -0.2) is 0 Å². The molecule has 0 saturated carbocycles. The van der Waals surface area contributed by atoms with E-state index in [2.05, 4.69) is 9.68 Å². The lowest BCUT2D eigenvalue weighted by Gasteiger charge is -2.24. The van der Waals surface area contributed by atoms with E-state index in [1.54, 1.807) is 6.92 Å². The van der Waals surface area contributed by atoms with Gasteiger partial charge in [0.05, 0.1) is 6.61 Å². The van der Waals surface area contributed by atoms with E-state index in [0.29, 0.717) is 6.61 Å². The molecular formula is C11H16N2O4. The Hall–Kier alpha value is -1.85. The van der Waals surface area contributed by atoms with Crippen LogP contribution in [0.5, 0.6) is 0 Å². The molecule has 0 saturated heterocycles. The number of hydrogen-bond acceptors (Lipinski definition) is 5. The number of amides is 1. The van der Waals surface area contributed by atoms with Crippen LogP contribution in [0.3, 0.4) is 0 Å². The van der Waals surface area contributed by atoms with E-state index in [1.165, 1.54) is 17.2 Å². The highest BCUT2D eigenvalue weighted by Gasteiger charge is 2.23. The van der Waals surface area contributed by atoms with Gasteiger partial charge in [-0.1, -0.05) is 5.16 Å². The summed E-state index contributed by atoms with van der Waals surface area (Å²) in [7, 11) is 0. The maximum Gasteiger partial charge on any atom is 0.325 e. The monoisotopic (exact) mass is 240 g/mol. The third kappa shape index (κ3) is 3.58. The van der Waals surface area contributed by atoms with Gasteiger partial charge in [0.25, 0.3) is 5.91 Å². The van der Waals surface area contributed by atoms with E-state index in [0.717, 1.165) is 0 Å². The Bertz CT molecular complexity index is 373. The molecule has 17 heavy (non-hydrogen) atoms. The van der Waals surface area contributed by atoms with Crippen molar-refractivity contribution >= 4 is 11.9 Å². The molecule has 0 aliphatic rings. The van der Waals surface area contributed by atoms with Crippen LogP contribution in [-0.2, 0) is 9.53 Å². The van der Waals surface area contributed by atoms with Gasteiger partial charge < -0.3 is 14.2 Å². The largest absolute Gasteiger partial charge is 0.465 e. The van der Waals surface area contributed by atoms with Crippen molar-refractivity contribution in [3.63, 3.8) is 0 Å². The lowest BCUT2D eigenvalue weighted by molar-refractivity contribution is -0.144. The van der Waals surface area contributed by atoms with Crippen molar-refractivity contribution in [1.82, 2.24) is 10.1 Å². The van der Waals surface area contributed by atoms with Gasteiger partial charge in [0, 0.05) is 12.1 Å². The summed E-state index contributed by atoms with van der Waals surface area (Å²) in [5.74, 6) is -0.778. The molecule has 1 aromatic heterocycles. The molecule has 0 fully saturated rings. The third-order valence-corrected chi connectivity index (χ3v) is 2.15. The zero-order chi connectivity index (χ0) is 12.8. The van der Waals surface area contributed by atoms with E-state index >= 15 is 0 Å². The van der Waals surface area contributed by atoms with Gasteiger partial charge in [-0.2, -0.15) is 0 Å². The van der Waals surface area contributed by atoms with Gasteiger partial charge >= 0.3 is 5.97 Å². The van der Waals surface area contributed by atoms with Crippen LogP contribution in [0, 0.1) is 0 Å². The number of carbonyl (C=O) groups is 2. The van der Waals surface area contributed by atoms with Crippen LogP contribution in [0.25, 0.3) is 0 Å². The first kappa shape index (κ1) is 13.2. The summed E-state index contributed by atoms with van der Waals surface area (Å²) >= 11 is 0.